The van der Waals surface area contributed by atoms with Gasteiger partial charge in [0.2, 0.25) is 0 Å². The number of nitrogen functional groups attached to an aromatic ring is 1. The Hall–Kier alpha value is 0.126. The number of ether oxygens (including phenoxy) is 1. The van der Waals surface area contributed by atoms with Gasteiger partial charge in [0.15, 0.2) is 0 Å². The molecule has 0 aliphatic carbocycles. The molecule has 1 aromatic carbocycles. The van der Waals surface area contributed by atoms with Crippen LogP contribution in [0.1, 0.15) is 5.56 Å². The zero-order chi connectivity index (χ0) is 8.10. The van der Waals surface area contributed by atoms with E-state index < -0.39 is 0 Å². The van der Waals surface area contributed by atoms with Crippen LogP contribution in [0.5, 0.6) is 0 Å². The average Bonchev–Trinajstić information content (AvgIpc) is 2.04. The monoisotopic (exact) mass is 189 g/mol. The minimum Gasteiger partial charge on any atom is -0.650 e. The van der Waals surface area contributed by atoms with Gasteiger partial charge in [0.1, 0.15) is 0 Å². The molecule has 3 nitrogen and oxygen atoms in total. The fourth-order valence-electron chi connectivity index (χ4n) is 0.727. The van der Waals surface area contributed by atoms with Gasteiger partial charge in [0, 0.05) is 5.69 Å². The minimum absolute atomic E-state index is 0. The van der Waals surface area contributed by atoms with E-state index in [0.29, 0.717) is 5.69 Å². The van der Waals surface area contributed by atoms with Gasteiger partial charge in [-0.2, -0.15) is 0 Å². The van der Waals surface area contributed by atoms with Gasteiger partial charge in [-0.3, -0.25) is 0 Å². The molecule has 0 radical (unpaired) electrons. The molecule has 0 atom stereocenters. The second-order valence-corrected chi connectivity index (χ2v) is 2.11. The largest absolute Gasteiger partial charge is 1.00 e. The standard InChI is InChI=1S/C8H8NO2.K/c9-8-3-1-7(2-4-8)5-11-6-10;/h1-4H,5,9H2;/q-1;+1. The third-order valence-electron chi connectivity index (χ3n) is 1.28. The predicted octanol–water partition coefficient (Wildman–Crippen LogP) is -2.14. The molecule has 4 heteroatoms. The molecule has 0 heterocycles. The van der Waals surface area contributed by atoms with Crippen molar-refractivity contribution in [2.75, 3.05) is 5.73 Å². The second-order valence-electron chi connectivity index (χ2n) is 2.11. The number of anilines is 1. The molecule has 0 aliphatic heterocycles. The number of nitrogens with two attached hydrogens (primary N) is 1. The summed E-state index contributed by atoms with van der Waals surface area (Å²) in [6.07, 6.45) is 0. The van der Waals surface area contributed by atoms with Crippen molar-refractivity contribution in [3.63, 3.8) is 0 Å². The summed E-state index contributed by atoms with van der Waals surface area (Å²) in [6.45, 7) is 1.60. The molecule has 2 N–H and O–H groups in total. The number of hydrogen-bond acceptors (Lipinski definition) is 3. The summed E-state index contributed by atoms with van der Waals surface area (Å²) in [5.41, 5.74) is 7.04. The first kappa shape index (κ1) is 12.1. The van der Waals surface area contributed by atoms with Crippen molar-refractivity contribution in [1.29, 1.82) is 0 Å². The van der Waals surface area contributed by atoms with Crippen LogP contribution in [0.25, 0.3) is 0 Å². The molecule has 0 spiro atoms. The van der Waals surface area contributed by atoms with Crippen LogP contribution >= 0.6 is 0 Å². The van der Waals surface area contributed by atoms with Crippen molar-refractivity contribution in [3.8, 4) is 0 Å². The zero-order valence-electron chi connectivity index (χ0n) is 6.91. The molecule has 1 rings (SSSR count). The van der Waals surface area contributed by atoms with Crippen molar-refractivity contribution in [1.82, 2.24) is 0 Å². The van der Waals surface area contributed by atoms with Crippen molar-refractivity contribution < 1.29 is 60.9 Å². The van der Waals surface area contributed by atoms with Crippen LogP contribution < -0.4 is 57.1 Å². The molecule has 0 amide bonds. The molecular formula is C8H8KNO2. The van der Waals surface area contributed by atoms with E-state index in [1.54, 1.807) is 24.3 Å². The molecular weight excluding hydrogens is 181 g/mol. The van der Waals surface area contributed by atoms with Crippen LogP contribution in [0.15, 0.2) is 24.3 Å². The quantitative estimate of drug-likeness (QED) is 0.335. The van der Waals surface area contributed by atoms with Gasteiger partial charge >= 0.3 is 51.4 Å². The molecule has 0 saturated heterocycles. The van der Waals surface area contributed by atoms with Crippen LogP contribution in [0.2, 0.25) is 0 Å². The summed E-state index contributed by atoms with van der Waals surface area (Å²) in [4.78, 5) is 9.67. The summed E-state index contributed by atoms with van der Waals surface area (Å²) >= 11 is 0. The first-order chi connectivity index (χ1) is 5.33. The molecule has 0 saturated carbocycles. The molecule has 1 aromatic rings. The average molecular weight is 189 g/mol. The van der Waals surface area contributed by atoms with Crippen molar-refractivity contribution in [3.05, 3.63) is 29.8 Å². The maximum atomic E-state index is 9.67. The van der Waals surface area contributed by atoms with Gasteiger partial charge in [-0.25, -0.2) is 0 Å². The van der Waals surface area contributed by atoms with E-state index in [2.05, 4.69) is 4.74 Å². The maximum Gasteiger partial charge on any atom is 1.00 e. The minimum atomic E-state index is 0. The molecule has 0 bridgehead atoms. The Morgan fingerprint density at radius 2 is 1.92 bits per heavy atom. The van der Waals surface area contributed by atoms with Crippen LogP contribution in [0.3, 0.4) is 0 Å². The summed E-state index contributed by atoms with van der Waals surface area (Å²) in [7, 11) is 0. The normalized spacial score (nSPS) is 8.33. The van der Waals surface area contributed by atoms with Crippen molar-refractivity contribution in [2.45, 2.75) is 6.61 Å². The zero-order valence-corrected chi connectivity index (χ0v) is 10.0. The fraction of sp³-hybridized carbons (Fsp3) is 0.125. The molecule has 0 unspecified atom stereocenters. The third-order valence-corrected chi connectivity index (χ3v) is 1.28. The Labute approximate surface area is 114 Å². The molecule has 12 heavy (non-hydrogen) atoms. The SMILES string of the molecule is Nc1ccc(CO[C-]=O)cc1.[K+]. The number of hydrogen-bond donors (Lipinski definition) is 1. The summed E-state index contributed by atoms with van der Waals surface area (Å²) < 4.78 is 4.41. The fourth-order valence-corrected chi connectivity index (χ4v) is 0.727. The van der Waals surface area contributed by atoms with Gasteiger partial charge in [-0.1, -0.05) is 18.6 Å². The van der Waals surface area contributed by atoms with E-state index in [1.165, 1.54) is 6.47 Å². The molecule has 0 fully saturated rings. The van der Waals surface area contributed by atoms with Crippen LogP contribution in [0, 0.1) is 0 Å². The maximum absolute atomic E-state index is 9.67. The smallest absolute Gasteiger partial charge is 0.650 e. The van der Waals surface area contributed by atoms with Gasteiger partial charge in [0.05, 0.1) is 6.61 Å². The predicted molar refractivity (Wildman–Crippen MR) is 41.3 cm³/mol. The van der Waals surface area contributed by atoms with Gasteiger partial charge in [-0.05, 0) is 17.7 Å². The van der Waals surface area contributed by atoms with Crippen molar-refractivity contribution in [2.24, 2.45) is 0 Å². The molecule has 0 aliphatic rings. The summed E-state index contributed by atoms with van der Waals surface area (Å²) in [5, 5.41) is 0. The summed E-state index contributed by atoms with van der Waals surface area (Å²) in [6, 6.07) is 7.10. The van der Waals surface area contributed by atoms with Crippen molar-refractivity contribution >= 4 is 12.2 Å². The number of rotatable bonds is 3. The number of benzene rings is 1. The van der Waals surface area contributed by atoms with Gasteiger partial charge < -0.3 is 15.3 Å². The van der Waals surface area contributed by atoms with E-state index in [1.807, 2.05) is 0 Å². The Balaban J connectivity index is 0.00000121. The van der Waals surface area contributed by atoms with E-state index in [9.17, 15) is 4.79 Å². The Bertz CT molecular complexity index is 235. The van der Waals surface area contributed by atoms with E-state index in [-0.39, 0.29) is 58.0 Å². The van der Waals surface area contributed by atoms with Crippen LogP contribution in [-0.2, 0) is 16.1 Å². The second kappa shape index (κ2) is 6.62. The van der Waals surface area contributed by atoms with E-state index in [4.69, 9.17) is 5.73 Å². The first-order valence-electron chi connectivity index (χ1n) is 3.16. The van der Waals surface area contributed by atoms with E-state index >= 15 is 0 Å². The van der Waals surface area contributed by atoms with Crippen LogP contribution in [-0.4, -0.2) is 6.47 Å². The Morgan fingerprint density at radius 3 is 2.42 bits per heavy atom. The third kappa shape index (κ3) is 4.23. The Kier molecular flexibility index (Phi) is 6.69. The first-order valence-corrected chi connectivity index (χ1v) is 3.16. The van der Waals surface area contributed by atoms with Crippen LogP contribution in [0.4, 0.5) is 5.69 Å². The topological polar surface area (TPSA) is 52.3 Å². The van der Waals surface area contributed by atoms with E-state index in [0.717, 1.165) is 5.56 Å². The summed E-state index contributed by atoms with van der Waals surface area (Å²) in [5.74, 6) is 0. The van der Waals surface area contributed by atoms with Gasteiger partial charge in [0.25, 0.3) is 0 Å². The molecule has 0 aromatic heterocycles. The van der Waals surface area contributed by atoms with Gasteiger partial charge in [-0.15, -0.1) is 0 Å². The molecule has 58 valence electrons. The Morgan fingerprint density at radius 1 is 1.33 bits per heavy atom. The number of carbonyl (C=O) groups excluding carboxylic acids is 1.